The van der Waals surface area contributed by atoms with E-state index in [1.165, 1.54) is 25.4 Å². The number of hydrazone groups is 1. The number of halogens is 4. The molecule has 0 spiro atoms. The van der Waals surface area contributed by atoms with E-state index in [4.69, 9.17) is 26.4 Å². The van der Waals surface area contributed by atoms with Gasteiger partial charge in [-0.2, -0.15) is 23.3 Å². The summed E-state index contributed by atoms with van der Waals surface area (Å²) in [4.78, 5) is 36.1. The molecule has 2 heterocycles. The Kier molecular flexibility index (Phi) is 10.7. The highest BCUT2D eigenvalue weighted by molar-refractivity contribution is 6.30. The van der Waals surface area contributed by atoms with Gasteiger partial charge in [-0.25, -0.2) is 14.8 Å². The number of benzene rings is 3. The summed E-state index contributed by atoms with van der Waals surface area (Å²) in [5, 5.41) is 13.2. The summed E-state index contributed by atoms with van der Waals surface area (Å²) in [5.74, 6) is -1.00. The van der Waals surface area contributed by atoms with Gasteiger partial charge in [-0.3, -0.25) is 4.79 Å². The Morgan fingerprint density at radius 3 is 2.34 bits per heavy atom. The summed E-state index contributed by atoms with van der Waals surface area (Å²) < 4.78 is 44.4. The third-order valence-electron chi connectivity index (χ3n) is 9.11. The first-order valence-corrected chi connectivity index (χ1v) is 16.8. The number of carbonyl (C=O) groups excluding carboxylic acids is 2. The van der Waals surface area contributed by atoms with Crippen molar-refractivity contribution in [3.63, 3.8) is 0 Å². The molecule has 0 saturated heterocycles. The average molecular weight is 705 g/mol. The quantitative estimate of drug-likeness (QED) is 0.164. The minimum atomic E-state index is -4.44. The van der Waals surface area contributed by atoms with Crippen molar-refractivity contribution < 1.29 is 27.5 Å². The van der Waals surface area contributed by atoms with Gasteiger partial charge < -0.3 is 15.4 Å². The van der Waals surface area contributed by atoms with Crippen LogP contribution < -0.4 is 15.6 Å². The second-order valence-corrected chi connectivity index (χ2v) is 12.8. The van der Waals surface area contributed by atoms with Crippen LogP contribution in [0.3, 0.4) is 0 Å². The van der Waals surface area contributed by atoms with Crippen molar-refractivity contribution in [2.24, 2.45) is 11.0 Å². The van der Waals surface area contributed by atoms with Crippen molar-refractivity contribution in [2.75, 3.05) is 24.0 Å². The Labute approximate surface area is 292 Å². The van der Waals surface area contributed by atoms with Crippen LogP contribution in [0.1, 0.15) is 70.6 Å². The third kappa shape index (κ3) is 8.07. The number of hydrogen-bond acceptors (Lipinski definition) is 8. The first-order chi connectivity index (χ1) is 24.1. The van der Waals surface area contributed by atoms with Crippen molar-refractivity contribution in [2.45, 2.75) is 56.8 Å². The van der Waals surface area contributed by atoms with Gasteiger partial charge in [0.15, 0.2) is 5.82 Å². The normalized spacial score (nSPS) is 17.2. The number of ether oxygens (including phenoxy) is 1. The molecule has 50 heavy (non-hydrogen) atoms. The van der Waals surface area contributed by atoms with Crippen LogP contribution in [0, 0.1) is 5.92 Å². The average Bonchev–Trinajstić information content (AvgIpc) is 3.59. The number of rotatable bonds is 10. The van der Waals surface area contributed by atoms with Gasteiger partial charge in [-0.05, 0) is 59.7 Å². The molecule has 2 aliphatic rings. The van der Waals surface area contributed by atoms with Crippen molar-refractivity contribution in [3.05, 3.63) is 118 Å². The van der Waals surface area contributed by atoms with Gasteiger partial charge in [-0.1, -0.05) is 85.5 Å². The number of aromatic nitrogens is 2. The highest BCUT2D eigenvalue weighted by Crippen LogP contribution is 2.34. The molecular formula is C37H36ClF3N6O3. The largest absolute Gasteiger partial charge is 0.467 e. The molecule has 2 N–H and O–H groups in total. The fourth-order valence-electron chi connectivity index (χ4n) is 6.45. The van der Waals surface area contributed by atoms with Crippen LogP contribution in [-0.2, 0) is 22.3 Å². The Balaban J connectivity index is 1.35. The van der Waals surface area contributed by atoms with E-state index in [0.29, 0.717) is 17.1 Å². The van der Waals surface area contributed by atoms with Crippen molar-refractivity contribution in [3.8, 4) is 0 Å². The Hall–Kier alpha value is -4.97. The zero-order valence-corrected chi connectivity index (χ0v) is 28.0. The van der Waals surface area contributed by atoms with Crippen LogP contribution >= 0.6 is 11.6 Å². The molecule has 1 fully saturated rings. The summed E-state index contributed by atoms with van der Waals surface area (Å²) in [6.07, 6.45) is 1.49. The van der Waals surface area contributed by atoms with E-state index in [1.54, 1.807) is 17.1 Å². The molecule has 0 radical (unpaired) electrons. The lowest BCUT2D eigenvalue weighted by Gasteiger charge is -2.29. The van der Waals surface area contributed by atoms with E-state index in [2.05, 4.69) is 15.6 Å². The van der Waals surface area contributed by atoms with Crippen molar-refractivity contribution in [1.82, 2.24) is 15.3 Å². The summed E-state index contributed by atoms with van der Waals surface area (Å²) in [7, 11) is 1.30. The van der Waals surface area contributed by atoms with E-state index >= 15 is 0 Å². The number of anilines is 2. The summed E-state index contributed by atoms with van der Waals surface area (Å²) in [6, 6.07) is 21.1. The van der Waals surface area contributed by atoms with Gasteiger partial charge >= 0.3 is 12.1 Å². The molecule has 6 rings (SSSR count). The molecule has 1 aromatic heterocycles. The number of amides is 1. The number of hydrogen-bond donors (Lipinski definition) is 2. The van der Waals surface area contributed by atoms with Gasteiger partial charge in [0.2, 0.25) is 5.95 Å². The smallest absolute Gasteiger partial charge is 0.416 e. The van der Waals surface area contributed by atoms with Crippen LogP contribution in [0.15, 0.2) is 90.2 Å². The minimum Gasteiger partial charge on any atom is -0.467 e. The van der Waals surface area contributed by atoms with E-state index in [1.807, 2.05) is 42.5 Å². The first kappa shape index (κ1) is 34.9. The molecule has 4 aromatic rings. The Morgan fingerprint density at radius 1 is 0.980 bits per heavy atom. The lowest BCUT2D eigenvalue weighted by Crippen LogP contribution is -2.47. The highest BCUT2D eigenvalue weighted by Gasteiger charge is 2.36. The van der Waals surface area contributed by atoms with Crippen LogP contribution in [0.4, 0.5) is 24.9 Å². The van der Waals surface area contributed by atoms with E-state index < -0.39 is 29.7 Å². The van der Waals surface area contributed by atoms with E-state index in [0.717, 1.165) is 61.1 Å². The zero-order valence-electron chi connectivity index (χ0n) is 27.3. The number of carbonyl (C=O) groups is 2. The maximum absolute atomic E-state index is 14.0. The van der Waals surface area contributed by atoms with Crippen LogP contribution in [0.2, 0.25) is 5.02 Å². The van der Waals surface area contributed by atoms with Gasteiger partial charge in [0.1, 0.15) is 11.6 Å². The topological polar surface area (TPSA) is 109 Å². The lowest BCUT2D eigenvalue weighted by molar-refractivity contribution is -0.144. The maximum atomic E-state index is 14.0. The number of alkyl halides is 3. The van der Waals surface area contributed by atoms with Crippen molar-refractivity contribution >= 4 is 41.0 Å². The second-order valence-electron chi connectivity index (χ2n) is 12.4. The molecule has 3 aromatic carbocycles. The number of methoxy groups -OCH3 is 1. The van der Waals surface area contributed by atoms with Crippen LogP contribution in [0.25, 0.3) is 0 Å². The molecular weight excluding hydrogens is 669 g/mol. The fraction of sp³-hybridized carbons (Fsp3) is 0.324. The molecule has 13 heteroatoms. The molecule has 9 nitrogen and oxygen atoms in total. The van der Waals surface area contributed by atoms with E-state index in [9.17, 15) is 22.8 Å². The fourth-order valence-corrected chi connectivity index (χ4v) is 6.58. The zero-order chi connectivity index (χ0) is 35.3. The summed E-state index contributed by atoms with van der Waals surface area (Å²) >= 11 is 6.20. The molecule has 0 bridgehead atoms. The van der Waals surface area contributed by atoms with Crippen LogP contribution in [0.5, 0.6) is 0 Å². The van der Waals surface area contributed by atoms with Gasteiger partial charge in [-0.15, -0.1) is 0 Å². The summed E-state index contributed by atoms with van der Waals surface area (Å²) in [5.41, 5.74) is 2.52. The molecule has 1 saturated carbocycles. The molecule has 1 unspecified atom stereocenters. The molecule has 260 valence electrons. The van der Waals surface area contributed by atoms with Gasteiger partial charge in [0, 0.05) is 23.7 Å². The third-order valence-corrected chi connectivity index (χ3v) is 9.36. The Bertz CT molecular complexity index is 1830. The molecule has 1 aliphatic heterocycles. The van der Waals surface area contributed by atoms with E-state index in [-0.39, 0.29) is 35.7 Å². The number of nitrogens with zero attached hydrogens (tertiary/aromatic N) is 4. The lowest BCUT2D eigenvalue weighted by atomic mass is 9.83. The van der Waals surface area contributed by atoms with Crippen molar-refractivity contribution in [1.29, 1.82) is 0 Å². The number of nitrogens with one attached hydrogen (secondary N) is 2. The molecule has 1 amide bonds. The standard InChI is InChI=1S/C37H36ClF3N6O3/c1-50-35(49)32(25-10-6-3-7-11-25)44-34(48)29-21-43-36(42-20-23-12-16-27(17-13-23)37(39,40)41)45-33(29)47-22-30(24-8-4-2-5-9-24)31(46-47)26-14-18-28(38)19-15-26/h2,4-5,8-9,12-19,21,25,30,32H,3,6-7,10-11,20,22H2,1H3,(H,44,48)(H,42,43,45)/t30?,32-/m0/s1. The molecule has 1 aliphatic carbocycles. The minimum absolute atomic E-state index is 0.0713. The predicted octanol–water partition coefficient (Wildman–Crippen LogP) is 7.62. The van der Waals surface area contributed by atoms with Gasteiger partial charge in [0.25, 0.3) is 5.91 Å². The number of esters is 1. The van der Waals surface area contributed by atoms with Crippen LogP contribution in [-0.4, -0.2) is 47.3 Å². The molecule has 2 atom stereocenters. The monoisotopic (exact) mass is 704 g/mol. The van der Waals surface area contributed by atoms with Gasteiger partial charge in [0.05, 0.1) is 24.9 Å². The summed E-state index contributed by atoms with van der Waals surface area (Å²) in [6.45, 7) is 0.460. The highest BCUT2D eigenvalue weighted by atomic mass is 35.5. The maximum Gasteiger partial charge on any atom is 0.416 e. The Morgan fingerprint density at radius 2 is 1.68 bits per heavy atom. The predicted molar refractivity (Wildman–Crippen MR) is 185 cm³/mol. The second kappa shape index (κ2) is 15.3. The SMILES string of the molecule is COC(=O)[C@@H](NC(=O)c1cnc(NCc2ccc(C(F)(F)F)cc2)nc1N1CC(c2ccccc2)C(c2ccc(Cl)cc2)=N1)C1CCCCC1. The first-order valence-electron chi connectivity index (χ1n) is 16.4.